The molecule has 23 heavy (non-hydrogen) atoms. The first-order valence-corrected chi connectivity index (χ1v) is 10.7. The van der Waals surface area contributed by atoms with Gasteiger partial charge in [-0.3, -0.25) is 0 Å². The molecular weight excluding hydrogens is 314 g/mol. The molecule has 0 spiro atoms. The fraction of sp³-hybridized carbons (Fsp3) is 0.938. The molecule has 3 saturated heterocycles. The number of amides is 2. The van der Waals surface area contributed by atoms with Crippen LogP contribution < -0.4 is 0 Å². The number of hydrogen-bond acceptors (Lipinski definition) is 4. The molecule has 0 aromatic carbocycles. The van der Waals surface area contributed by atoms with Crippen LogP contribution in [-0.4, -0.2) is 86.0 Å². The van der Waals surface area contributed by atoms with Crippen molar-refractivity contribution in [1.29, 1.82) is 0 Å². The van der Waals surface area contributed by atoms with E-state index in [9.17, 15) is 13.2 Å². The van der Waals surface area contributed by atoms with E-state index in [0.717, 1.165) is 25.9 Å². The van der Waals surface area contributed by atoms with Gasteiger partial charge in [0.1, 0.15) is 0 Å². The minimum atomic E-state index is -2.95. The molecule has 3 aliphatic heterocycles. The molecule has 7 heteroatoms. The predicted octanol–water partition coefficient (Wildman–Crippen LogP) is 1.18. The van der Waals surface area contributed by atoms with Crippen molar-refractivity contribution in [2.45, 2.75) is 50.6 Å². The first kappa shape index (κ1) is 17.0. The van der Waals surface area contributed by atoms with Gasteiger partial charge in [0.25, 0.3) is 0 Å². The van der Waals surface area contributed by atoms with Crippen LogP contribution in [0.15, 0.2) is 0 Å². The molecule has 132 valence electrons. The molecule has 2 amide bonds. The van der Waals surface area contributed by atoms with Crippen LogP contribution >= 0.6 is 0 Å². The van der Waals surface area contributed by atoms with E-state index in [-0.39, 0.29) is 23.6 Å². The maximum Gasteiger partial charge on any atom is 0.320 e. The smallest absolute Gasteiger partial charge is 0.320 e. The Bertz CT molecular complexity index is 523. The van der Waals surface area contributed by atoms with Gasteiger partial charge in [0.05, 0.1) is 11.5 Å². The third kappa shape index (κ3) is 3.99. The van der Waals surface area contributed by atoms with Crippen LogP contribution in [0, 0.1) is 0 Å². The second-order valence-electron chi connectivity index (χ2n) is 7.27. The maximum atomic E-state index is 12.6. The normalized spacial score (nSPS) is 29.6. The molecule has 3 fully saturated rings. The molecule has 1 unspecified atom stereocenters. The Balaban J connectivity index is 1.50. The predicted molar refractivity (Wildman–Crippen MR) is 90.2 cm³/mol. The van der Waals surface area contributed by atoms with Gasteiger partial charge in [-0.2, -0.15) is 0 Å². The van der Waals surface area contributed by atoms with E-state index in [4.69, 9.17) is 0 Å². The number of carbonyl (C=O) groups is 1. The summed E-state index contributed by atoms with van der Waals surface area (Å²) in [6.07, 6.45) is 6.62. The van der Waals surface area contributed by atoms with E-state index >= 15 is 0 Å². The number of rotatable bonds is 2. The van der Waals surface area contributed by atoms with Gasteiger partial charge in [-0.1, -0.05) is 6.42 Å². The number of likely N-dealkylation sites (tertiary alicyclic amines) is 2. The maximum absolute atomic E-state index is 12.6. The van der Waals surface area contributed by atoms with Crippen molar-refractivity contribution in [3.05, 3.63) is 0 Å². The molecule has 6 nitrogen and oxygen atoms in total. The molecule has 0 aromatic heterocycles. The number of urea groups is 1. The number of nitrogens with zero attached hydrogens (tertiary/aromatic N) is 3. The zero-order chi connectivity index (χ0) is 16.4. The molecule has 0 aromatic rings. The fourth-order valence-electron chi connectivity index (χ4n) is 4.17. The first-order chi connectivity index (χ1) is 11.0. The zero-order valence-electron chi connectivity index (χ0n) is 14.1. The summed E-state index contributed by atoms with van der Waals surface area (Å²) in [5.41, 5.74) is 0. The summed E-state index contributed by atoms with van der Waals surface area (Å²) >= 11 is 0. The van der Waals surface area contributed by atoms with Gasteiger partial charge in [0, 0.05) is 32.2 Å². The van der Waals surface area contributed by atoms with Gasteiger partial charge in [0.15, 0.2) is 9.84 Å². The summed E-state index contributed by atoms with van der Waals surface area (Å²) in [6.45, 7) is 4.00. The molecular formula is C16H29N3O3S. The Morgan fingerprint density at radius 3 is 2.22 bits per heavy atom. The highest BCUT2D eigenvalue weighted by atomic mass is 32.2. The molecule has 3 rings (SSSR count). The van der Waals surface area contributed by atoms with E-state index in [1.807, 2.05) is 4.90 Å². The molecule has 3 heterocycles. The second-order valence-corrected chi connectivity index (χ2v) is 9.49. The minimum absolute atomic E-state index is 0.00388. The molecule has 3 aliphatic rings. The van der Waals surface area contributed by atoms with Gasteiger partial charge < -0.3 is 14.7 Å². The monoisotopic (exact) mass is 343 g/mol. The number of sulfone groups is 1. The van der Waals surface area contributed by atoms with Crippen molar-refractivity contribution in [2.75, 3.05) is 44.7 Å². The van der Waals surface area contributed by atoms with Crippen LogP contribution in [0.3, 0.4) is 0 Å². The van der Waals surface area contributed by atoms with E-state index in [1.165, 1.54) is 32.4 Å². The number of carbonyl (C=O) groups excluding carboxylic acids is 1. The van der Waals surface area contributed by atoms with E-state index in [1.54, 1.807) is 11.9 Å². The Morgan fingerprint density at radius 2 is 1.65 bits per heavy atom. The van der Waals surface area contributed by atoms with Crippen molar-refractivity contribution >= 4 is 15.9 Å². The third-order valence-electron chi connectivity index (χ3n) is 5.70. The largest absolute Gasteiger partial charge is 0.325 e. The average Bonchev–Trinajstić information content (AvgIpc) is 2.94. The Morgan fingerprint density at radius 1 is 1.00 bits per heavy atom. The Kier molecular flexibility index (Phi) is 5.16. The standard InChI is InChI=1S/C16H29N3O3S/c1-17(15-7-12-23(21,22)13-15)16(20)19-10-5-14(6-11-19)18-8-3-2-4-9-18/h14-15H,2-13H2,1H3. The lowest BCUT2D eigenvalue weighted by atomic mass is 10.00. The first-order valence-electron chi connectivity index (χ1n) is 8.92. The highest BCUT2D eigenvalue weighted by Crippen LogP contribution is 2.23. The third-order valence-corrected chi connectivity index (χ3v) is 7.45. The van der Waals surface area contributed by atoms with Crippen LogP contribution in [0.2, 0.25) is 0 Å². The highest BCUT2D eigenvalue weighted by Gasteiger charge is 2.35. The van der Waals surface area contributed by atoms with Crippen molar-refractivity contribution < 1.29 is 13.2 Å². The van der Waals surface area contributed by atoms with Crippen LogP contribution in [0.5, 0.6) is 0 Å². The van der Waals surface area contributed by atoms with Crippen molar-refractivity contribution in [2.24, 2.45) is 0 Å². The molecule has 1 atom stereocenters. The van der Waals surface area contributed by atoms with E-state index < -0.39 is 9.84 Å². The summed E-state index contributed by atoms with van der Waals surface area (Å²) in [5, 5.41) is 0. The minimum Gasteiger partial charge on any atom is -0.325 e. The van der Waals surface area contributed by atoms with Crippen LogP contribution in [-0.2, 0) is 9.84 Å². The van der Waals surface area contributed by atoms with Gasteiger partial charge in [-0.05, 0) is 45.2 Å². The lowest BCUT2D eigenvalue weighted by Gasteiger charge is -2.41. The number of piperidine rings is 2. The van der Waals surface area contributed by atoms with Crippen molar-refractivity contribution in [3.8, 4) is 0 Å². The summed E-state index contributed by atoms with van der Waals surface area (Å²) in [5.74, 6) is 0.339. The van der Waals surface area contributed by atoms with Crippen molar-refractivity contribution in [3.63, 3.8) is 0 Å². The lowest BCUT2D eigenvalue weighted by Crippen LogP contribution is -2.52. The Labute approximate surface area is 139 Å². The summed E-state index contributed by atoms with van der Waals surface area (Å²) in [6, 6.07) is 0.480. The molecule has 0 bridgehead atoms. The summed E-state index contributed by atoms with van der Waals surface area (Å²) in [4.78, 5) is 18.8. The zero-order valence-corrected chi connectivity index (χ0v) is 14.9. The lowest BCUT2D eigenvalue weighted by molar-refractivity contribution is 0.0886. The van der Waals surface area contributed by atoms with Gasteiger partial charge in [-0.25, -0.2) is 13.2 Å². The fourth-order valence-corrected chi connectivity index (χ4v) is 5.94. The second kappa shape index (κ2) is 6.97. The van der Waals surface area contributed by atoms with Gasteiger partial charge in [0.2, 0.25) is 0 Å². The van der Waals surface area contributed by atoms with Crippen LogP contribution in [0.25, 0.3) is 0 Å². The SMILES string of the molecule is CN(C(=O)N1CCC(N2CCCCC2)CC1)C1CCS(=O)(=O)C1. The quantitative estimate of drug-likeness (QED) is 0.755. The topological polar surface area (TPSA) is 60.9 Å². The van der Waals surface area contributed by atoms with E-state index in [0.29, 0.717) is 12.5 Å². The van der Waals surface area contributed by atoms with Crippen molar-refractivity contribution in [1.82, 2.24) is 14.7 Å². The molecule has 0 radical (unpaired) electrons. The molecule has 0 N–H and O–H groups in total. The summed E-state index contributed by atoms with van der Waals surface area (Å²) < 4.78 is 23.2. The molecule has 0 aliphatic carbocycles. The van der Waals surface area contributed by atoms with Gasteiger partial charge in [-0.15, -0.1) is 0 Å². The molecule has 0 saturated carbocycles. The Hall–Kier alpha value is -0.820. The number of hydrogen-bond donors (Lipinski definition) is 0. The van der Waals surface area contributed by atoms with Crippen LogP contribution in [0.4, 0.5) is 4.79 Å². The highest BCUT2D eigenvalue weighted by molar-refractivity contribution is 7.91. The van der Waals surface area contributed by atoms with E-state index in [2.05, 4.69) is 4.90 Å². The summed E-state index contributed by atoms with van der Waals surface area (Å²) in [7, 11) is -1.19. The average molecular weight is 343 g/mol. The van der Waals surface area contributed by atoms with Gasteiger partial charge >= 0.3 is 6.03 Å². The van der Waals surface area contributed by atoms with Crippen LogP contribution in [0.1, 0.15) is 38.5 Å².